The van der Waals surface area contributed by atoms with Gasteiger partial charge in [-0.25, -0.2) is 8.78 Å². The molecule has 0 unspecified atom stereocenters. The number of carboxylic acids is 1. The summed E-state index contributed by atoms with van der Waals surface area (Å²) in [5.74, 6) is -2.87. The first-order valence-electron chi connectivity index (χ1n) is 5.83. The van der Waals surface area contributed by atoms with Crippen LogP contribution in [0.15, 0.2) is 18.2 Å². The normalized spacial score (nSPS) is 28.1. The Morgan fingerprint density at radius 1 is 1.28 bits per heavy atom. The Bertz CT molecular complexity index is 465. The van der Waals surface area contributed by atoms with Gasteiger partial charge in [-0.2, -0.15) is 0 Å². The largest absolute Gasteiger partial charge is 0.481 e. The minimum absolute atomic E-state index is 0.0488. The lowest BCUT2D eigenvalue weighted by Crippen LogP contribution is -2.34. The van der Waals surface area contributed by atoms with Crippen molar-refractivity contribution in [2.24, 2.45) is 5.92 Å². The fourth-order valence-electron chi connectivity index (χ4n) is 2.48. The summed E-state index contributed by atoms with van der Waals surface area (Å²) < 4.78 is 26.4. The molecule has 2 rings (SSSR count). The number of rotatable bonds is 2. The van der Waals surface area contributed by atoms with E-state index in [-0.39, 0.29) is 18.4 Å². The lowest BCUT2D eigenvalue weighted by Gasteiger charge is -2.35. The highest BCUT2D eigenvalue weighted by molar-refractivity contribution is 5.70. The molecule has 5 heteroatoms. The van der Waals surface area contributed by atoms with Crippen LogP contribution in [0.2, 0.25) is 0 Å². The van der Waals surface area contributed by atoms with E-state index in [0.29, 0.717) is 12.8 Å². The minimum Gasteiger partial charge on any atom is -0.481 e. The molecule has 0 aromatic heterocycles. The second-order valence-corrected chi connectivity index (χ2v) is 4.77. The molecule has 98 valence electrons. The topological polar surface area (TPSA) is 57.5 Å². The van der Waals surface area contributed by atoms with Crippen LogP contribution < -0.4 is 0 Å². The number of carboxylic acid groups (broad SMARTS) is 1. The number of halogens is 2. The highest BCUT2D eigenvalue weighted by Crippen LogP contribution is 2.40. The van der Waals surface area contributed by atoms with Crippen molar-refractivity contribution >= 4 is 5.97 Å². The molecule has 1 aromatic rings. The lowest BCUT2D eigenvalue weighted by molar-refractivity contribution is -0.145. The molecule has 0 aliphatic heterocycles. The van der Waals surface area contributed by atoms with Crippen molar-refractivity contribution in [2.75, 3.05) is 0 Å². The van der Waals surface area contributed by atoms with Gasteiger partial charge in [0.1, 0.15) is 11.6 Å². The van der Waals surface area contributed by atoms with Crippen molar-refractivity contribution in [3.63, 3.8) is 0 Å². The molecule has 0 spiro atoms. The average molecular weight is 256 g/mol. The molecule has 3 nitrogen and oxygen atoms in total. The number of carbonyl (C=O) groups is 1. The van der Waals surface area contributed by atoms with Crippen LogP contribution in [0.1, 0.15) is 31.2 Å². The first-order valence-corrected chi connectivity index (χ1v) is 5.83. The molecular formula is C13H14F2O3. The fraction of sp³-hybridized carbons (Fsp3) is 0.462. The Morgan fingerprint density at radius 2 is 1.89 bits per heavy atom. The standard InChI is InChI=1S/C13H14F2O3/c14-9-1-2-10(11(15)7-9)13(18)5-3-8(4-6-13)12(16)17/h1-2,7-8,18H,3-6H2,(H,16,17). The number of aliphatic carboxylic acids is 1. The molecule has 0 radical (unpaired) electrons. The van der Waals surface area contributed by atoms with Crippen molar-refractivity contribution < 1.29 is 23.8 Å². The van der Waals surface area contributed by atoms with Gasteiger partial charge in [0.15, 0.2) is 0 Å². The minimum atomic E-state index is -1.39. The number of hydrogen-bond donors (Lipinski definition) is 2. The van der Waals surface area contributed by atoms with Crippen molar-refractivity contribution in [1.29, 1.82) is 0 Å². The van der Waals surface area contributed by atoms with E-state index in [1.54, 1.807) is 0 Å². The molecule has 0 bridgehead atoms. The Balaban J connectivity index is 2.20. The van der Waals surface area contributed by atoms with Gasteiger partial charge in [0.25, 0.3) is 0 Å². The van der Waals surface area contributed by atoms with E-state index in [1.807, 2.05) is 0 Å². The van der Waals surface area contributed by atoms with Crippen LogP contribution in [-0.4, -0.2) is 16.2 Å². The predicted octanol–water partition coefficient (Wildman–Crippen LogP) is 2.43. The summed E-state index contributed by atoms with van der Waals surface area (Å²) >= 11 is 0. The number of benzene rings is 1. The van der Waals surface area contributed by atoms with E-state index in [4.69, 9.17) is 5.11 Å². The molecule has 2 N–H and O–H groups in total. The smallest absolute Gasteiger partial charge is 0.306 e. The molecule has 1 aliphatic rings. The lowest BCUT2D eigenvalue weighted by atomic mass is 9.75. The van der Waals surface area contributed by atoms with E-state index in [0.717, 1.165) is 12.1 Å². The maximum atomic E-state index is 13.6. The van der Waals surface area contributed by atoms with Crippen LogP contribution in [0.5, 0.6) is 0 Å². The SMILES string of the molecule is O=C(O)C1CCC(O)(c2ccc(F)cc2F)CC1. The summed E-state index contributed by atoms with van der Waals surface area (Å²) in [6.07, 6.45) is 0.935. The quantitative estimate of drug-likeness (QED) is 0.854. The van der Waals surface area contributed by atoms with E-state index in [2.05, 4.69) is 0 Å². The Labute approximate surface area is 103 Å². The monoisotopic (exact) mass is 256 g/mol. The summed E-state index contributed by atoms with van der Waals surface area (Å²) in [5, 5.41) is 19.2. The van der Waals surface area contributed by atoms with E-state index in [9.17, 15) is 18.7 Å². The molecule has 0 saturated heterocycles. The number of aliphatic hydroxyl groups is 1. The van der Waals surface area contributed by atoms with Gasteiger partial charge < -0.3 is 10.2 Å². The van der Waals surface area contributed by atoms with Crippen molar-refractivity contribution in [1.82, 2.24) is 0 Å². The van der Waals surface area contributed by atoms with Crippen molar-refractivity contribution in [3.8, 4) is 0 Å². The molecule has 1 fully saturated rings. The molecular weight excluding hydrogens is 242 g/mol. The van der Waals surface area contributed by atoms with E-state index < -0.39 is 29.1 Å². The molecule has 0 atom stereocenters. The summed E-state index contributed by atoms with van der Waals surface area (Å²) in [5.41, 5.74) is -1.34. The van der Waals surface area contributed by atoms with E-state index >= 15 is 0 Å². The molecule has 0 amide bonds. The van der Waals surface area contributed by atoms with Crippen LogP contribution >= 0.6 is 0 Å². The van der Waals surface area contributed by atoms with Gasteiger partial charge in [-0.15, -0.1) is 0 Å². The Kier molecular flexibility index (Phi) is 3.34. The van der Waals surface area contributed by atoms with Gasteiger partial charge in [-0.05, 0) is 31.7 Å². The second-order valence-electron chi connectivity index (χ2n) is 4.77. The second kappa shape index (κ2) is 4.65. The molecule has 1 aliphatic carbocycles. The predicted molar refractivity (Wildman–Crippen MR) is 59.8 cm³/mol. The fourth-order valence-corrected chi connectivity index (χ4v) is 2.48. The summed E-state index contributed by atoms with van der Waals surface area (Å²) in [7, 11) is 0. The van der Waals surface area contributed by atoms with Gasteiger partial charge in [-0.1, -0.05) is 6.07 Å². The first kappa shape index (κ1) is 13.0. The van der Waals surface area contributed by atoms with Gasteiger partial charge in [-0.3, -0.25) is 4.79 Å². The maximum absolute atomic E-state index is 13.6. The highest BCUT2D eigenvalue weighted by atomic mass is 19.1. The van der Waals surface area contributed by atoms with Crippen LogP contribution in [0.3, 0.4) is 0 Å². The zero-order valence-electron chi connectivity index (χ0n) is 9.70. The number of hydrogen-bond acceptors (Lipinski definition) is 2. The third kappa shape index (κ3) is 2.36. The van der Waals surface area contributed by atoms with Crippen LogP contribution in [0.4, 0.5) is 8.78 Å². The van der Waals surface area contributed by atoms with Crippen LogP contribution in [-0.2, 0) is 10.4 Å². The zero-order valence-corrected chi connectivity index (χ0v) is 9.70. The van der Waals surface area contributed by atoms with Gasteiger partial charge in [0, 0.05) is 11.6 Å². The van der Waals surface area contributed by atoms with E-state index in [1.165, 1.54) is 6.07 Å². The first-order chi connectivity index (χ1) is 8.42. The highest BCUT2D eigenvalue weighted by Gasteiger charge is 2.38. The Morgan fingerprint density at radius 3 is 2.39 bits per heavy atom. The zero-order chi connectivity index (χ0) is 13.3. The third-order valence-electron chi connectivity index (χ3n) is 3.59. The Hall–Kier alpha value is -1.49. The summed E-state index contributed by atoms with van der Waals surface area (Å²) in [6.45, 7) is 0. The van der Waals surface area contributed by atoms with Crippen molar-refractivity contribution in [2.45, 2.75) is 31.3 Å². The van der Waals surface area contributed by atoms with Crippen LogP contribution in [0, 0.1) is 17.6 Å². The van der Waals surface area contributed by atoms with Crippen LogP contribution in [0.25, 0.3) is 0 Å². The maximum Gasteiger partial charge on any atom is 0.306 e. The van der Waals surface area contributed by atoms with Gasteiger partial charge in [0.2, 0.25) is 0 Å². The van der Waals surface area contributed by atoms with Gasteiger partial charge >= 0.3 is 5.97 Å². The van der Waals surface area contributed by atoms with Gasteiger partial charge in [0.05, 0.1) is 11.5 Å². The molecule has 1 aromatic carbocycles. The summed E-state index contributed by atoms with van der Waals surface area (Å²) in [6, 6.07) is 3.06. The summed E-state index contributed by atoms with van der Waals surface area (Å²) in [4.78, 5) is 10.8. The molecule has 1 saturated carbocycles. The molecule has 18 heavy (non-hydrogen) atoms. The molecule has 0 heterocycles. The van der Waals surface area contributed by atoms with Crippen molar-refractivity contribution in [3.05, 3.63) is 35.4 Å². The average Bonchev–Trinajstić information content (AvgIpc) is 2.29. The third-order valence-corrected chi connectivity index (χ3v) is 3.59.